The largest absolute Gasteiger partial charge is 0.493 e. The smallest absolute Gasteiger partial charge is 0.348 e. The molecule has 29 heavy (non-hydrogen) atoms. The van der Waals surface area contributed by atoms with E-state index in [1.165, 1.54) is 30.6 Å². The highest BCUT2D eigenvalue weighted by Crippen LogP contribution is 2.31. The summed E-state index contributed by atoms with van der Waals surface area (Å²) < 4.78 is 35.0. The molecule has 9 heteroatoms. The van der Waals surface area contributed by atoms with Crippen molar-refractivity contribution in [2.75, 3.05) is 14.2 Å². The summed E-state index contributed by atoms with van der Waals surface area (Å²) in [7, 11) is 3.08. The molecule has 2 aromatic heterocycles. The Kier molecular flexibility index (Phi) is 5.13. The van der Waals surface area contributed by atoms with Crippen molar-refractivity contribution in [1.82, 2.24) is 10.1 Å². The second-order valence-electron chi connectivity index (χ2n) is 5.95. The minimum absolute atomic E-state index is 0.148. The van der Waals surface area contributed by atoms with E-state index in [1.54, 1.807) is 37.4 Å². The van der Waals surface area contributed by atoms with Gasteiger partial charge >= 0.3 is 5.97 Å². The first-order valence-electron chi connectivity index (χ1n) is 8.48. The molecule has 0 N–H and O–H groups in total. The SMILES string of the molecule is COc1ccc(-c2noc(COC(=O)c3cc4cc(F)ccc4s3)n2)cc1OC. The molecule has 2 heterocycles. The summed E-state index contributed by atoms with van der Waals surface area (Å²) in [6.07, 6.45) is 0. The van der Waals surface area contributed by atoms with Gasteiger partial charge in [0.1, 0.15) is 10.7 Å². The minimum Gasteiger partial charge on any atom is -0.493 e. The Morgan fingerprint density at radius 3 is 2.72 bits per heavy atom. The summed E-state index contributed by atoms with van der Waals surface area (Å²) in [6.45, 7) is -0.179. The lowest BCUT2D eigenvalue weighted by atomic mass is 10.2. The van der Waals surface area contributed by atoms with Gasteiger partial charge in [0, 0.05) is 10.3 Å². The normalized spacial score (nSPS) is 10.9. The van der Waals surface area contributed by atoms with Crippen molar-refractivity contribution in [3.8, 4) is 22.9 Å². The van der Waals surface area contributed by atoms with Crippen LogP contribution in [0.5, 0.6) is 11.5 Å². The van der Waals surface area contributed by atoms with Crippen LogP contribution in [0.25, 0.3) is 21.5 Å². The Bertz CT molecular complexity index is 1190. The van der Waals surface area contributed by atoms with Crippen LogP contribution in [0.2, 0.25) is 0 Å². The molecule has 0 bridgehead atoms. The molecule has 4 rings (SSSR count). The fourth-order valence-electron chi connectivity index (χ4n) is 2.72. The first-order valence-corrected chi connectivity index (χ1v) is 9.30. The van der Waals surface area contributed by atoms with Crippen LogP contribution in [0.4, 0.5) is 4.39 Å². The van der Waals surface area contributed by atoms with E-state index in [1.807, 2.05) is 0 Å². The molecule has 0 aliphatic rings. The van der Waals surface area contributed by atoms with Gasteiger partial charge in [0.05, 0.1) is 14.2 Å². The van der Waals surface area contributed by atoms with Gasteiger partial charge in [-0.3, -0.25) is 0 Å². The maximum atomic E-state index is 13.3. The number of halogens is 1. The third kappa shape index (κ3) is 3.90. The summed E-state index contributed by atoms with van der Waals surface area (Å²) >= 11 is 1.23. The predicted molar refractivity (Wildman–Crippen MR) is 104 cm³/mol. The number of rotatable bonds is 6. The third-order valence-electron chi connectivity index (χ3n) is 4.12. The van der Waals surface area contributed by atoms with Crippen LogP contribution in [0.15, 0.2) is 47.0 Å². The van der Waals surface area contributed by atoms with E-state index in [-0.39, 0.29) is 18.3 Å². The molecule has 0 atom stereocenters. The fourth-order valence-corrected chi connectivity index (χ4v) is 3.66. The standard InChI is InChI=1S/C20H15FN2O5S/c1-25-14-5-3-11(8-15(14)26-2)19-22-18(28-23-19)10-27-20(24)17-9-12-7-13(21)4-6-16(12)29-17/h3-9H,10H2,1-2H3. The molecule has 0 saturated carbocycles. The van der Waals surface area contributed by atoms with Crippen molar-refractivity contribution >= 4 is 27.4 Å². The monoisotopic (exact) mass is 414 g/mol. The van der Waals surface area contributed by atoms with Crippen molar-refractivity contribution < 1.29 is 27.9 Å². The maximum Gasteiger partial charge on any atom is 0.348 e. The zero-order valence-electron chi connectivity index (χ0n) is 15.5. The van der Waals surface area contributed by atoms with E-state index in [0.717, 1.165) is 4.70 Å². The number of benzene rings is 2. The van der Waals surface area contributed by atoms with Crippen LogP contribution in [0.3, 0.4) is 0 Å². The Hall–Kier alpha value is -3.46. The van der Waals surface area contributed by atoms with Crippen molar-refractivity contribution in [3.63, 3.8) is 0 Å². The third-order valence-corrected chi connectivity index (χ3v) is 5.21. The van der Waals surface area contributed by atoms with E-state index in [0.29, 0.717) is 33.2 Å². The number of carbonyl (C=O) groups is 1. The van der Waals surface area contributed by atoms with Gasteiger partial charge in [-0.1, -0.05) is 5.16 Å². The molecule has 7 nitrogen and oxygen atoms in total. The molecule has 0 spiro atoms. The summed E-state index contributed by atoms with van der Waals surface area (Å²) in [5, 5.41) is 4.55. The van der Waals surface area contributed by atoms with Gasteiger partial charge < -0.3 is 18.7 Å². The van der Waals surface area contributed by atoms with Crippen LogP contribution in [-0.4, -0.2) is 30.3 Å². The van der Waals surface area contributed by atoms with E-state index in [4.69, 9.17) is 18.7 Å². The number of carbonyl (C=O) groups excluding carboxylic acids is 1. The Morgan fingerprint density at radius 1 is 1.10 bits per heavy atom. The molecule has 0 amide bonds. The van der Waals surface area contributed by atoms with Crippen molar-refractivity contribution in [1.29, 1.82) is 0 Å². The lowest BCUT2D eigenvalue weighted by Gasteiger charge is -2.07. The molecular weight excluding hydrogens is 399 g/mol. The van der Waals surface area contributed by atoms with Crippen molar-refractivity contribution in [3.05, 3.63) is 59.0 Å². The number of fused-ring (bicyclic) bond motifs is 1. The quantitative estimate of drug-likeness (QED) is 0.431. The molecule has 0 saturated heterocycles. The summed E-state index contributed by atoms with van der Waals surface area (Å²) in [4.78, 5) is 16.9. The number of esters is 1. The van der Waals surface area contributed by atoms with Gasteiger partial charge in [0.25, 0.3) is 5.89 Å². The van der Waals surface area contributed by atoms with Gasteiger partial charge in [0.2, 0.25) is 5.82 Å². The van der Waals surface area contributed by atoms with Crippen molar-refractivity contribution in [2.24, 2.45) is 0 Å². The maximum absolute atomic E-state index is 13.3. The second-order valence-corrected chi connectivity index (χ2v) is 7.03. The van der Waals surface area contributed by atoms with Gasteiger partial charge in [-0.25, -0.2) is 9.18 Å². The molecule has 0 unspecified atom stereocenters. The molecule has 0 aliphatic heterocycles. The number of hydrogen-bond donors (Lipinski definition) is 0. The summed E-state index contributed by atoms with van der Waals surface area (Å²) in [5.74, 6) is 0.687. The summed E-state index contributed by atoms with van der Waals surface area (Å²) in [6, 6.07) is 11.1. The van der Waals surface area contributed by atoms with E-state index in [9.17, 15) is 9.18 Å². The molecule has 0 aliphatic carbocycles. The molecular formula is C20H15FN2O5S. The van der Waals surface area contributed by atoms with Crippen LogP contribution >= 0.6 is 11.3 Å². The Labute approximate surface area is 168 Å². The molecule has 2 aromatic carbocycles. The van der Waals surface area contributed by atoms with Gasteiger partial charge in [-0.15, -0.1) is 11.3 Å². The summed E-state index contributed by atoms with van der Waals surface area (Å²) in [5.41, 5.74) is 0.663. The lowest BCUT2D eigenvalue weighted by Crippen LogP contribution is -2.03. The van der Waals surface area contributed by atoms with E-state index < -0.39 is 5.97 Å². The van der Waals surface area contributed by atoms with Crippen LogP contribution in [0, 0.1) is 5.82 Å². The Balaban J connectivity index is 1.45. The Morgan fingerprint density at radius 2 is 1.93 bits per heavy atom. The van der Waals surface area contributed by atoms with Gasteiger partial charge in [0.15, 0.2) is 18.1 Å². The van der Waals surface area contributed by atoms with Crippen LogP contribution < -0.4 is 9.47 Å². The number of methoxy groups -OCH3 is 2. The lowest BCUT2D eigenvalue weighted by molar-refractivity contribution is 0.0435. The van der Waals surface area contributed by atoms with E-state index in [2.05, 4.69) is 10.1 Å². The van der Waals surface area contributed by atoms with E-state index >= 15 is 0 Å². The number of ether oxygens (including phenoxy) is 3. The highest BCUT2D eigenvalue weighted by atomic mass is 32.1. The van der Waals surface area contributed by atoms with Crippen LogP contribution in [0.1, 0.15) is 15.6 Å². The predicted octanol–water partition coefficient (Wildman–Crippen LogP) is 4.46. The highest BCUT2D eigenvalue weighted by Gasteiger charge is 2.16. The molecule has 0 radical (unpaired) electrons. The van der Waals surface area contributed by atoms with Gasteiger partial charge in [-0.05, 0) is 47.9 Å². The van der Waals surface area contributed by atoms with Crippen LogP contribution in [-0.2, 0) is 11.3 Å². The molecule has 0 fully saturated rings. The number of hydrogen-bond acceptors (Lipinski definition) is 8. The highest BCUT2D eigenvalue weighted by molar-refractivity contribution is 7.20. The zero-order chi connectivity index (χ0) is 20.4. The fraction of sp³-hybridized carbons (Fsp3) is 0.150. The van der Waals surface area contributed by atoms with Crippen molar-refractivity contribution in [2.45, 2.75) is 6.61 Å². The molecule has 4 aromatic rings. The second kappa shape index (κ2) is 7.88. The number of aromatic nitrogens is 2. The number of nitrogens with zero attached hydrogens (tertiary/aromatic N) is 2. The molecule has 148 valence electrons. The number of thiophene rings is 1. The average molecular weight is 414 g/mol. The topological polar surface area (TPSA) is 83.7 Å². The minimum atomic E-state index is -0.544. The zero-order valence-corrected chi connectivity index (χ0v) is 16.3. The first-order chi connectivity index (χ1) is 14.1. The first kappa shape index (κ1) is 18.9. The van der Waals surface area contributed by atoms with Gasteiger partial charge in [-0.2, -0.15) is 4.98 Å². The average Bonchev–Trinajstić information content (AvgIpc) is 3.38.